The van der Waals surface area contributed by atoms with Crippen molar-refractivity contribution in [2.75, 3.05) is 13.2 Å². The van der Waals surface area contributed by atoms with Gasteiger partial charge in [-0.05, 0) is 37.3 Å². The molecule has 2 atom stereocenters. The number of aromatic amines is 1. The summed E-state index contributed by atoms with van der Waals surface area (Å²) in [7, 11) is 0. The molecule has 1 aromatic carbocycles. The molecular formula is C19H22N2O3. The van der Waals surface area contributed by atoms with Crippen molar-refractivity contribution in [3.8, 4) is 0 Å². The molecule has 2 aromatic rings. The lowest BCUT2D eigenvalue weighted by Gasteiger charge is -2.22. The van der Waals surface area contributed by atoms with E-state index in [0.717, 1.165) is 31.6 Å². The zero-order valence-electron chi connectivity index (χ0n) is 13.7. The van der Waals surface area contributed by atoms with E-state index in [-0.39, 0.29) is 17.5 Å². The third-order valence-corrected chi connectivity index (χ3v) is 4.46. The molecule has 1 fully saturated rings. The van der Waals surface area contributed by atoms with Crippen molar-refractivity contribution in [3.05, 3.63) is 69.6 Å². The lowest BCUT2D eigenvalue weighted by atomic mass is 9.94. The van der Waals surface area contributed by atoms with Crippen molar-refractivity contribution in [2.24, 2.45) is 5.92 Å². The van der Waals surface area contributed by atoms with Crippen LogP contribution in [0.4, 0.5) is 0 Å². The molecule has 1 aliphatic rings. The summed E-state index contributed by atoms with van der Waals surface area (Å²) in [6, 6.07) is 12.9. The van der Waals surface area contributed by atoms with Gasteiger partial charge in [0.1, 0.15) is 0 Å². The van der Waals surface area contributed by atoms with E-state index in [9.17, 15) is 9.59 Å². The largest absolute Gasteiger partial charge is 0.381 e. The second-order valence-electron chi connectivity index (χ2n) is 6.26. The van der Waals surface area contributed by atoms with Gasteiger partial charge in [-0.3, -0.25) is 9.59 Å². The number of pyridine rings is 1. The van der Waals surface area contributed by atoms with E-state index >= 15 is 0 Å². The summed E-state index contributed by atoms with van der Waals surface area (Å²) in [4.78, 5) is 26.7. The third-order valence-electron chi connectivity index (χ3n) is 4.46. The molecule has 1 saturated heterocycles. The van der Waals surface area contributed by atoms with E-state index in [2.05, 4.69) is 10.3 Å². The first-order valence-electron chi connectivity index (χ1n) is 8.27. The van der Waals surface area contributed by atoms with Gasteiger partial charge in [-0.25, -0.2) is 0 Å². The molecule has 5 heteroatoms. The Kier molecular flexibility index (Phi) is 5.11. The summed E-state index contributed by atoms with van der Waals surface area (Å²) in [6.07, 6.45) is 1.87. The number of aromatic nitrogens is 1. The van der Waals surface area contributed by atoms with Crippen LogP contribution in [0.2, 0.25) is 0 Å². The Morgan fingerprint density at radius 1 is 1.29 bits per heavy atom. The molecule has 0 radical (unpaired) electrons. The summed E-state index contributed by atoms with van der Waals surface area (Å²) in [5.41, 5.74) is 1.96. The van der Waals surface area contributed by atoms with Crippen LogP contribution in [0.3, 0.4) is 0 Å². The van der Waals surface area contributed by atoms with Gasteiger partial charge in [0.05, 0.1) is 11.6 Å². The summed E-state index contributed by atoms with van der Waals surface area (Å²) in [6.45, 7) is 3.27. The van der Waals surface area contributed by atoms with Crippen molar-refractivity contribution in [3.63, 3.8) is 0 Å². The molecule has 2 N–H and O–H groups in total. The lowest BCUT2D eigenvalue weighted by molar-refractivity contribution is 0.0927. The Bertz CT molecular complexity index is 749. The number of H-pyrrole nitrogens is 1. The summed E-state index contributed by atoms with van der Waals surface area (Å²) in [5, 5.41) is 3.12. The van der Waals surface area contributed by atoms with Gasteiger partial charge in [-0.2, -0.15) is 0 Å². The predicted octanol–water partition coefficient (Wildman–Crippen LogP) is 2.58. The summed E-state index contributed by atoms with van der Waals surface area (Å²) < 4.78 is 5.46. The Hall–Kier alpha value is -2.40. The summed E-state index contributed by atoms with van der Waals surface area (Å²) in [5.74, 6) is 0.281. The smallest absolute Gasteiger partial charge is 0.253 e. The number of benzene rings is 1. The van der Waals surface area contributed by atoms with Crippen LogP contribution in [0.1, 0.15) is 40.5 Å². The van der Waals surface area contributed by atoms with Crippen molar-refractivity contribution >= 4 is 5.91 Å². The van der Waals surface area contributed by atoms with E-state index in [1.807, 2.05) is 30.3 Å². The van der Waals surface area contributed by atoms with E-state index in [0.29, 0.717) is 17.2 Å². The standard InChI is InChI=1S/C19H22N2O3/c1-13-16(7-8-18(22)20-13)19(23)21-17(11-14-9-10-24-12-14)15-5-3-2-4-6-15/h2-8,14,17H,9-12H2,1H3,(H,20,22)(H,21,23)/t14-,17-/m1/s1. The molecule has 126 valence electrons. The molecular weight excluding hydrogens is 304 g/mol. The highest BCUT2D eigenvalue weighted by Gasteiger charge is 2.24. The second kappa shape index (κ2) is 7.45. The number of rotatable bonds is 5. The second-order valence-corrected chi connectivity index (χ2v) is 6.26. The molecule has 1 aliphatic heterocycles. The molecule has 0 unspecified atom stereocenters. The number of nitrogens with one attached hydrogen (secondary N) is 2. The highest BCUT2D eigenvalue weighted by molar-refractivity contribution is 5.95. The van der Waals surface area contributed by atoms with Gasteiger partial charge >= 0.3 is 0 Å². The van der Waals surface area contributed by atoms with Gasteiger partial charge in [0.25, 0.3) is 5.91 Å². The Balaban J connectivity index is 1.80. The van der Waals surface area contributed by atoms with Crippen molar-refractivity contribution in [1.82, 2.24) is 10.3 Å². The Morgan fingerprint density at radius 3 is 2.75 bits per heavy atom. The number of hydrogen-bond acceptors (Lipinski definition) is 3. The number of ether oxygens (including phenoxy) is 1. The van der Waals surface area contributed by atoms with Gasteiger partial charge in [0.2, 0.25) is 5.56 Å². The van der Waals surface area contributed by atoms with E-state index in [4.69, 9.17) is 4.74 Å². The van der Waals surface area contributed by atoms with Crippen LogP contribution >= 0.6 is 0 Å². The number of carbonyl (C=O) groups excluding carboxylic acids is 1. The van der Waals surface area contributed by atoms with Gasteiger partial charge in [-0.1, -0.05) is 30.3 Å². The maximum Gasteiger partial charge on any atom is 0.253 e. The molecule has 0 saturated carbocycles. The normalized spacial score (nSPS) is 18.3. The van der Waals surface area contributed by atoms with E-state index in [1.54, 1.807) is 13.0 Å². The van der Waals surface area contributed by atoms with Gasteiger partial charge in [-0.15, -0.1) is 0 Å². The number of amides is 1. The molecule has 0 spiro atoms. The monoisotopic (exact) mass is 326 g/mol. The zero-order chi connectivity index (χ0) is 16.9. The quantitative estimate of drug-likeness (QED) is 0.887. The van der Waals surface area contributed by atoms with Crippen LogP contribution in [0, 0.1) is 12.8 Å². The van der Waals surface area contributed by atoms with Crippen LogP contribution in [0.25, 0.3) is 0 Å². The molecule has 3 rings (SSSR count). The minimum Gasteiger partial charge on any atom is -0.381 e. The lowest BCUT2D eigenvalue weighted by Crippen LogP contribution is -2.31. The van der Waals surface area contributed by atoms with Crippen LogP contribution in [-0.2, 0) is 4.74 Å². The molecule has 5 nitrogen and oxygen atoms in total. The molecule has 2 heterocycles. The Labute approximate surface area is 141 Å². The van der Waals surface area contributed by atoms with E-state index in [1.165, 1.54) is 6.07 Å². The number of hydrogen-bond donors (Lipinski definition) is 2. The first-order valence-corrected chi connectivity index (χ1v) is 8.27. The van der Waals surface area contributed by atoms with Crippen LogP contribution in [0.15, 0.2) is 47.3 Å². The maximum atomic E-state index is 12.7. The van der Waals surface area contributed by atoms with Crippen LogP contribution in [-0.4, -0.2) is 24.1 Å². The molecule has 1 amide bonds. The maximum absolute atomic E-state index is 12.7. The number of carbonyl (C=O) groups is 1. The number of aryl methyl sites for hydroxylation is 1. The zero-order valence-corrected chi connectivity index (χ0v) is 13.7. The Morgan fingerprint density at radius 2 is 2.08 bits per heavy atom. The van der Waals surface area contributed by atoms with Crippen molar-refractivity contribution < 1.29 is 9.53 Å². The highest BCUT2D eigenvalue weighted by atomic mass is 16.5. The SMILES string of the molecule is Cc1[nH]c(=O)ccc1C(=O)N[C@H](C[C@H]1CCOC1)c1ccccc1. The third kappa shape index (κ3) is 3.92. The van der Waals surface area contributed by atoms with Crippen LogP contribution in [0.5, 0.6) is 0 Å². The first kappa shape index (κ1) is 16.5. The van der Waals surface area contributed by atoms with Crippen molar-refractivity contribution in [1.29, 1.82) is 0 Å². The molecule has 0 bridgehead atoms. The molecule has 0 aliphatic carbocycles. The summed E-state index contributed by atoms with van der Waals surface area (Å²) >= 11 is 0. The predicted molar refractivity (Wildman–Crippen MR) is 92.0 cm³/mol. The average Bonchev–Trinajstić information content (AvgIpc) is 3.08. The average molecular weight is 326 g/mol. The van der Waals surface area contributed by atoms with E-state index < -0.39 is 0 Å². The van der Waals surface area contributed by atoms with Gasteiger partial charge in [0.15, 0.2) is 0 Å². The fourth-order valence-corrected chi connectivity index (χ4v) is 3.13. The minimum absolute atomic E-state index is 0.0725. The van der Waals surface area contributed by atoms with Gasteiger partial charge in [0, 0.05) is 25.0 Å². The van der Waals surface area contributed by atoms with Crippen molar-refractivity contribution in [2.45, 2.75) is 25.8 Å². The topological polar surface area (TPSA) is 71.2 Å². The first-order chi connectivity index (χ1) is 11.6. The van der Waals surface area contributed by atoms with Gasteiger partial charge < -0.3 is 15.0 Å². The van der Waals surface area contributed by atoms with Crippen LogP contribution < -0.4 is 10.9 Å². The fraction of sp³-hybridized carbons (Fsp3) is 0.368. The highest BCUT2D eigenvalue weighted by Crippen LogP contribution is 2.27. The molecule has 24 heavy (non-hydrogen) atoms. The fourth-order valence-electron chi connectivity index (χ4n) is 3.13. The molecule has 1 aromatic heterocycles. The minimum atomic E-state index is -0.202.